The quantitative estimate of drug-likeness (QED) is 0.484. The van der Waals surface area contributed by atoms with E-state index in [2.05, 4.69) is 16.9 Å². The number of carbonyl (C=O) groups is 2. The third kappa shape index (κ3) is 5.22. The summed E-state index contributed by atoms with van der Waals surface area (Å²) in [6, 6.07) is 16.3. The van der Waals surface area contributed by atoms with E-state index in [1.54, 1.807) is 44.2 Å². The molecule has 1 amide bonds. The first-order valence-electron chi connectivity index (χ1n) is 9.38. The van der Waals surface area contributed by atoms with Crippen molar-refractivity contribution in [2.75, 3.05) is 12.1 Å². The molecule has 0 unspecified atom stereocenters. The van der Waals surface area contributed by atoms with E-state index >= 15 is 0 Å². The summed E-state index contributed by atoms with van der Waals surface area (Å²) in [4.78, 5) is 24.8. The highest BCUT2D eigenvalue weighted by molar-refractivity contribution is 6.34. The summed E-state index contributed by atoms with van der Waals surface area (Å²) >= 11 is 0. The molecule has 152 valence electrons. The predicted octanol–water partition coefficient (Wildman–Crippen LogP) is 3.16. The largest absolute Gasteiger partial charge is 0.469 e. The molecule has 30 heavy (non-hydrogen) atoms. The minimum Gasteiger partial charge on any atom is -0.469 e. The molecule has 0 aliphatic carbocycles. The monoisotopic (exact) mass is 402 g/mol. The molecule has 0 atom stereocenters. The fraction of sp³-hybridized carbons (Fsp3) is 0.208. The SMILES string of the molecule is COC(=O)CC1=NN(c2ccccc2)C(=O)/C1=C/c1ccc(C#CC(C)(C)O)cc1. The van der Waals surface area contributed by atoms with Crippen LogP contribution in [0, 0.1) is 11.8 Å². The lowest BCUT2D eigenvalue weighted by Gasteiger charge is -2.11. The van der Waals surface area contributed by atoms with E-state index < -0.39 is 11.6 Å². The summed E-state index contributed by atoms with van der Waals surface area (Å²) in [7, 11) is 1.30. The number of rotatable bonds is 4. The summed E-state index contributed by atoms with van der Waals surface area (Å²) < 4.78 is 4.74. The maximum Gasteiger partial charge on any atom is 0.311 e. The van der Waals surface area contributed by atoms with Gasteiger partial charge in [-0.1, -0.05) is 42.2 Å². The fourth-order valence-corrected chi connectivity index (χ4v) is 2.74. The van der Waals surface area contributed by atoms with Crippen LogP contribution in [-0.4, -0.2) is 35.4 Å². The van der Waals surface area contributed by atoms with Gasteiger partial charge in [-0.25, -0.2) is 0 Å². The first-order valence-corrected chi connectivity index (χ1v) is 9.38. The standard InChI is InChI=1S/C24H22N2O4/c1-24(2,29)14-13-17-9-11-18(12-10-17)15-20-21(16-22(27)30-3)25-26(23(20)28)19-7-5-4-6-8-19/h4-12,15,29H,16H2,1-3H3/b20-15+. The molecule has 1 aliphatic rings. The lowest BCUT2D eigenvalue weighted by Crippen LogP contribution is -2.21. The molecule has 0 saturated heterocycles. The second kappa shape index (κ2) is 8.76. The first-order chi connectivity index (χ1) is 14.3. The Hall–Kier alpha value is -3.69. The van der Waals surface area contributed by atoms with E-state index in [0.717, 1.165) is 11.1 Å². The fourth-order valence-electron chi connectivity index (χ4n) is 2.74. The highest BCUT2D eigenvalue weighted by Crippen LogP contribution is 2.26. The van der Waals surface area contributed by atoms with E-state index in [4.69, 9.17) is 4.74 Å². The van der Waals surface area contributed by atoms with Gasteiger partial charge < -0.3 is 9.84 Å². The normalized spacial score (nSPS) is 14.9. The number of esters is 1. The maximum atomic E-state index is 13.0. The molecule has 0 radical (unpaired) electrons. The molecule has 0 fully saturated rings. The van der Waals surface area contributed by atoms with Crippen LogP contribution in [0.3, 0.4) is 0 Å². The van der Waals surface area contributed by atoms with Crippen LogP contribution in [0.4, 0.5) is 5.69 Å². The number of amides is 1. The number of hydrogen-bond donors (Lipinski definition) is 1. The van der Waals surface area contributed by atoms with E-state index in [-0.39, 0.29) is 12.3 Å². The first kappa shape index (κ1) is 21.0. The molecule has 1 aliphatic heterocycles. The van der Waals surface area contributed by atoms with Gasteiger partial charge in [-0.3, -0.25) is 9.59 Å². The third-order valence-electron chi connectivity index (χ3n) is 4.23. The zero-order valence-electron chi connectivity index (χ0n) is 17.0. The van der Waals surface area contributed by atoms with Crippen molar-refractivity contribution in [2.24, 2.45) is 5.10 Å². The third-order valence-corrected chi connectivity index (χ3v) is 4.23. The lowest BCUT2D eigenvalue weighted by molar-refractivity contribution is -0.139. The van der Waals surface area contributed by atoms with Gasteiger partial charge in [-0.2, -0.15) is 10.1 Å². The van der Waals surface area contributed by atoms with Crippen molar-refractivity contribution < 1.29 is 19.4 Å². The van der Waals surface area contributed by atoms with Gasteiger partial charge in [-0.15, -0.1) is 0 Å². The molecule has 1 heterocycles. The molecule has 2 aromatic carbocycles. The van der Waals surface area contributed by atoms with Crippen LogP contribution in [0.25, 0.3) is 6.08 Å². The Morgan fingerprint density at radius 3 is 2.43 bits per heavy atom. The van der Waals surface area contributed by atoms with Crippen LogP contribution in [0.15, 0.2) is 65.3 Å². The number of hydrazone groups is 1. The van der Waals surface area contributed by atoms with E-state index in [1.807, 2.05) is 30.3 Å². The molecule has 0 saturated carbocycles. The molecular weight excluding hydrogens is 380 g/mol. The lowest BCUT2D eigenvalue weighted by atomic mass is 10.0. The summed E-state index contributed by atoms with van der Waals surface area (Å²) in [5.74, 6) is 4.87. The Labute approximate surface area is 175 Å². The maximum absolute atomic E-state index is 13.0. The zero-order chi connectivity index (χ0) is 21.7. The summed E-state index contributed by atoms with van der Waals surface area (Å²) in [6.07, 6.45) is 1.59. The minimum absolute atomic E-state index is 0.105. The molecule has 1 N–H and O–H groups in total. The number of para-hydroxylation sites is 1. The average molecular weight is 402 g/mol. The molecular formula is C24H22N2O4. The van der Waals surface area contributed by atoms with Gasteiger partial charge in [0.05, 0.1) is 30.5 Å². The topological polar surface area (TPSA) is 79.2 Å². The molecule has 6 heteroatoms. The molecule has 0 aromatic heterocycles. The van der Waals surface area contributed by atoms with Crippen molar-refractivity contribution >= 4 is 29.4 Å². The van der Waals surface area contributed by atoms with Gasteiger partial charge in [0.15, 0.2) is 0 Å². The second-order valence-electron chi connectivity index (χ2n) is 7.24. The van der Waals surface area contributed by atoms with Gasteiger partial charge in [0.25, 0.3) is 5.91 Å². The van der Waals surface area contributed by atoms with Gasteiger partial charge in [-0.05, 0) is 49.8 Å². The van der Waals surface area contributed by atoms with E-state index in [9.17, 15) is 14.7 Å². The second-order valence-corrected chi connectivity index (χ2v) is 7.24. The van der Waals surface area contributed by atoms with Crippen LogP contribution in [0.1, 0.15) is 31.4 Å². The number of benzene rings is 2. The van der Waals surface area contributed by atoms with Gasteiger partial charge in [0, 0.05) is 5.56 Å². The van der Waals surface area contributed by atoms with Crippen LogP contribution in [0.2, 0.25) is 0 Å². The number of anilines is 1. The Morgan fingerprint density at radius 2 is 1.83 bits per heavy atom. The van der Waals surface area contributed by atoms with Crippen LogP contribution >= 0.6 is 0 Å². The summed E-state index contributed by atoms with van der Waals surface area (Å²) in [5.41, 5.74) is 1.73. The van der Waals surface area contributed by atoms with Gasteiger partial charge in [0.2, 0.25) is 0 Å². The zero-order valence-corrected chi connectivity index (χ0v) is 17.0. The summed E-state index contributed by atoms with van der Waals surface area (Å²) in [5, 5.41) is 15.4. The Morgan fingerprint density at radius 1 is 1.17 bits per heavy atom. The molecule has 6 nitrogen and oxygen atoms in total. The van der Waals surface area contributed by atoms with Crippen molar-refractivity contribution in [3.05, 3.63) is 71.3 Å². The van der Waals surface area contributed by atoms with Crippen molar-refractivity contribution in [3.63, 3.8) is 0 Å². The smallest absolute Gasteiger partial charge is 0.311 e. The van der Waals surface area contributed by atoms with Gasteiger partial charge >= 0.3 is 5.97 Å². The predicted molar refractivity (Wildman–Crippen MR) is 116 cm³/mol. The highest BCUT2D eigenvalue weighted by atomic mass is 16.5. The number of aliphatic hydroxyl groups is 1. The van der Waals surface area contributed by atoms with Gasteiger partial charge in [0.1, 0.15) is 5.60 Å². The van der Waals surface area contributed by atoms with Crippen LogP contribution in [-0.2, 0) is 14.3 Å². The number of methoxy groups -OCH3 is 1. The molecule has 3 rings (SSSR count). The number of carbonyl (C=O) groups excluding carboxylic acids is 2. The van der Waals surface area contributed by atoms with Crippen molar-refractivity contribution in [1.82, 2.24) is 0 Å². The Bertz CT molecular complexity index is 1070. The minimum atomic E-state index is -1.07. The highest BCUT2D eigenvalue weighted by Gasteiger charge is 2.32. The van der Waals surface area contributed by atoms with E-state index in [0.29, 0.717) is 17.0 Å². The Kier molecular flexibility index (Phi) is 6.14. The summed E-state index contributed by atoms with van der Waals surface area (Å²) in [6.45, 7) is 3.23. The van der Waals surface area contributed by atoms with Crippen molar-refractivity contribution in [1.29, 1.82) is 0 Å². The van der Waals surface area contributed by atoms with Crippen LogP contribution in [0.5, 0.6) is 0 Å². The average Bonchev–Trinajstić information content (AvgIpc) is 3.03. The van der Waals surface area contributed by atoms with Crippen molar-refractivity contribution in [3.8, 4) is 11.8 Å². The molecule has 0 spiro atoms. The Balaban J connectivity index is 1.92. The van der Waals surface area contributed by atoms with E-state index in [1.165, 1.54) is 12.1 Å². The molecule has 0 bridgehead atoms. The number of hydrogen-bond acceptors (Lipinski definition) is 5. The number of nitrogens with zero attached hydrogens (tertiary/aromatic N) is 2. The van der Waals surface area contributed by atoms with Crippen molar-refractivity contribution in [2.45, 2.75) is 25.9 Å². The molecule has 2 aromatic rings. The van der Waals surface area contributed by atoms with Crippen LogP contribution < -0.4 is 5.01 Å². The number of ether oxygens (including phenoxy) is 1.